The van der Waals surface area contributed by atoms with E-state index >= 15 is 0 Å². The van der Waals surface area contributed by atoms with Gasteiger partial charge in [-0.1, -0.05) is 60.7 Å². The van der Waals surface area contributed by atoms with E-state index < -0.39 is 0 Å². The zero-order valence-corrected chi connectivity index (χ0v) is 13.5. The third-order valence-corrected chi connectivity index (χ3v) is 3.92. The number of halogens is 2. The van der Waals surface area contributed by atoms with Gasteiger partial charge in [0, 0.05) is 10.9 Å². The number of unbranched alkanes of at least 4 members (excludes halogenated alkanes) is 4. The van der Waals surface area contributed by atoms with Gasteiger partial charge in [-0.2, -0.15) is 0 Å². The molecule has 0 spiro atoms. The summed E-state index contributed by atoms with van der Waals surface area (Å²) in [5.74, 6) is 0.986. The summed E-state index contributed by atoms with van der Waals surface area (Å²) in [7, 11) is 0. The molecule has 0 aromatic heterocycles. The van der Waals surface area contributed by atoms with Crippen LogP contribution in [0.25, 0.3) is 0 Å². The third-order valence-electron chi connectivity index (χ3n) is 2.69. The summed E-state index contributed by atoms with van der Waals surface area (Å²) in [6.07, 6.45) is 6.35. The molecule has 1 aromatic carbocycles. The molecule has 3 heteroatoms. The van der Waals surface area contributed by atoms with Crippen molar-refractivity contribution in [2.24, 2.45) is 0 Å². The molecule has 0 heterocycles. The van der Waals surface area contributed by atoms with E-state index in [2.05, 4.69) is 44.8 Å². The van der Waals surface area contributed by atoms with E-state index in [1.54, 1.807) is 0 Å². The molecule has 0 fully saturated rings. The zero-order valence-electron chi connectivity index (χ0n) is 10.3. The fourth-order valence-electron chi connectivity index (χ4n) is 1.70. The summed E-state index contributed by atoms with van der Waals surface area (Å²) >= 11 is 7.02. The van der Waals surface area contributed by atoms with Gasteiger partial charge in [-0.3, -0.25) is 0 Å². The second kappa shape index (κ2) is 8.98. The average Bonchev–Trinajstić information content (AvgIpc) is 2.35. The van der Waals surface area contributed by atoms with Gasteiger partial charge in [-0.05, 0) is 28.4 Å². The second-order valence-corrected chi connectivity index (χ2v) is 5.54. The van der Waals surface area contributed by atoms with E-state index in [0.717, 1.165) is 28.6 Å². The number of benzene rings is 1. The van der Waals surface area contributed by atoms with Gasteiger partial charge in [0.1, 0.15) is 5.75 Å². The minimum atomic E-state index is 0.812. The topological polar surface area (TPSA) is 9.23 Å². The molecule has 0 aliphatic carbocycles. The Hall–Kier alpha value is -0.0200. The molecule has 0 aliphatic heterocycles. The first-order valence-electron chi connectivity index (χ1n) is 6.25. The quantitative estimate of drug-likeness (QED) is 0.425. The van der Waals surface area contributed by atoms with Crippen molar-refractivity contribution in [1.29, 1.82) is 0 Å². The van der Waals surface area contributed by atoms with Crippen LogP contribution in [0.4, 0.5) is 0 Å². The first kappa shape index (κ1) is 15.0. The van der Waals surface area contributed by atoms with Crippen molar-refractivity contribution in [1.82, 2.24) is 0 Å². The normalized spacial score (nSPS) is 10.5. The Morgan fingerprint density at radius 1 is 1.12 bits per heavy atom. The van der Waals surface area contributed by atoms with Gasteiger partial charge in [0.05, 0.1) is 11.1 Å². The highest BCUT2D eigenvalue weighted by atomic mass is 79.9. The van der Waals surface area contributed by atoms with Crippen molar-refractivity contribution < 1.29 is 4.74 Å². The number of ether oxygens (including phenoxy) is 1. The standard InChI is InChI=1S/C14H20Br2O/c1-2-3-4-5-6-10-17-14-12(11-15)8-7-9-13(14)16/h7-9H,2-6,10-11H2,1H3. The van der Waals surface area contributed by atoms with Gasteiger partial charge in [-0.15, -0.1) is 0 Å². The van der Waals surface area contributed by atoms with Gasteiger partial charge in [-0.25, -0.2) is 0 Å². The lowest BCUT2D eigenvalue weighted by molar-refractivity contribution is 0.300. The molecule has 0 saturated carbocycles. The lowest BCUT2D eigenvalue weighted by atomic mass is 10.2. The van der Waals surface area contributed by atoms with E-state index in [1.165, 1.54) is 31.2 Å². The van der Waals surface area contributed by atoms with Gasteiger partial charge < -0.3 is 4.74 Å². The minimum Gasteiger partial charge on any atom is -0.492 e. The zero-order chi connectivity index (χ0) is 12.5. The van der Waals surface area contributed by atoms with Crippen LogP contribution in [-0.2, 0) is 5.33 Å². The predicted molar refractivity (Wildman–Crippen MR) is 81.0 cm³/mol. The molecule has 0 N–H and O–H groups in total. The summed E-state index contributed by atoms with van der Waals surface area (Å²) in [6, 6.07) is 6.15. The first-order chi connectivity index (χ1) is 8.29. The Bertz CT molecular complexity index is 326. The molecule has 0 aliphatic rings. The molecular formula is C14H20Br2O. The lowest BCUT2D eigenvalue weighted by Gasteiger charge is -2.11. The molecule has 1 rings (SSSR count). The highest BCUT2D eigenvalue weighted by Crippen LogP contribution is 2.30. The lowest BCUT2D eigenvalue weighted by Crippen LogP contribution is -2.00. The van der Waals surface area contributed by atoms with E-state index in [9.17, 15) is 0 Å². The number of alkyl halides is 1. The predicted octanol–water partition coefficient (Wildman–Crippen LogP) is 5.69. The molecule has 0 atom stereocenters. The Morgan fingerprint density at radius 2 is 1.88 bits per heavy atom. The molecule has 96 valence electrons. The van der Waals surface area contributed by atoms with E-state index in [0.29, 0.717) is 0 Å². The van der Waals surface area contributed by atoms with Gasteiger partial charge >= 0.3 is 0 Å². The second-order valence-electron chi connectivity index (χ2n) is 4.12. The van der Waals surface area contributed by atoms with Crippen LogP contribution in [0, 0.1) is 0 Å². The Kier molecular flexibility index (Phi) is 7.95. The third kappa shape index (κ3) is 5.43. The molecule has 17 heavy (non-hydrogen) atoms. The molecule has 0 bridgehead atoms. The number of rotatable bonds is 8. The summed E-state index contributed by atoms with van der Waals surface area (Å²) in [5.41, 5.74) is 1.20. The van der Waals surface area contributed by atoms with Crippen molar-refractivity contribution in [2.45, 2.75) is 44.4 Å². The van der Waals surface area contributed by atoms with Crippen LogP contribution in [0.15, 0.2) is 22.7 Å². The Balaban J connectivity index is 2.35. The van der Waals surface area contributed by atoms with Gasteiger partial charge in [0.25, 0.3) is 0 Å². The van der Waals surface area contributed by atoms with Crippen LogP contribution >= 0.6 is 31.9 Å². The molecule has 1 nitrogen and oxygen atoms in total. The molecular weight excluding hydrogens is 344 g/mol. The molecule has 0 saturated heterocycles. The van der Waals surface area contributed by atoms with Crippen LogP contribution in [0.5, 0.6) is 5.75 Å². The van der Waals surface area contributed by atoms with E-state index in [-0.39, 0.29) is 0 Å². The highest BCUT2D eigenvalue weighted by molar-refractivity contribution is 9.10. The van der Waals surface area contributed by atoms with Crippen molar-refractivity contribution >= 4 is 31.9 Å². The first-order valence-corrected chi connectivity index (χ1v) is 8.17. The maximum Gasteiger partial charge on any atom is 0.137 e. The smallest absolute Gasteiger partial charge is 0.137 e. The van der Waals surface area contributed by atoms with Crippen molar-refractivity contribution in [3.05, 3.63) is 28.2 Å². The van der Waals surface area contributed by atoms with E-state index in [4.69, 9.17) is 4.74 Å². The Labute approximate surface area is 121 Å². The van der Waals surface area contributed by atoms with Crippen molar-refractivity contribution in [3.63, 3.8) is 0 Å². The van der Waals surface area contributed by atoms with Crippen LogP contribution in [0.2, 0.25) is 0 Å². The average molecular weight is 364 g/mol. The largest absolute Gasteiger partial charge is 0.492 e. The van der Waals surface area contributed by atoms with Gasteiger partial charge in [0.15, 0.2) is 0 Å². The van der Waals surface area contributed by atoms with Crippen LogP contribution in [-0.4, -0.2) is 6.61 Å². The van der Waals surface area contributed by atoms with E-state index in [1.807, 2.05) is 12.1 Å². The summed E-state index contributed by atoms with van der Waals surface area (Å²) in [4.78, 5) is 0. The number of hydrogen-bond acceptors (Lipinski definition) is 1. The maximum atomic E-state index is 5.86. The summed E-state index contributed by atoms with van der Waals surface area (Å²) in [6.45, 7) is 3.05. The molecule has 0 amide bonds. The van der Waals surface area contributed by atoms with Crippen LogP contribution < -0.4 is 4.74 Å². The van der Waals surface area contributed by atoms with Crippen molar-refractivity contribution in [3.8, 4) is 5.75 Å². The summed E-state index contributed by atoms with van der Waals surface area (Å²) < 4.78 is 6.91. The van der Waals surface area contributed by atoms with Crippen LogP contribution in [0.1, 0.15) is 44.6 Å². The maximum absolute atomic E-state index is 5.86. The minimum absolute atomic E-state index is 0.812. The molecule has 0 radical (unpaired) electrons. The summed E-state index contributed by atoms with van der Waals surface area (Å²) in [5, 5.41) is 0.831. The highest BCUT2D eigenvalue weighted by Gasteiger charge is 2.06. The molecule has 0 unspecified atom stereocenters. The molecule has 1 aromatic rings. The monoisotopic (exact) mass is 362 g/mol. The fourth-order valence-corrected chi connectivity index (χ4v) is 2.66. The number of para-hydroxylation sites is 1. The SMILES string of the molecule is CCCCCCCOc1c(Br)cccc1CBr. The Morgan fingerprint density at radius 3 is 2.59 bits per heavy atom. The fraction of sp³-hybridized carbons (Fsp3) is 0.571. The van der Waals surface area contributed by atoms with Crippen LogP contribution in [0.3, 0.4) is 0 Å². The number of hydrogen-bond donors (Lipinski definition) is 0. The van der Waals surface area contributed by atoms with Gasteiger partial charge in [0.2, 0.25) is 0 Å². The van der Waals surface area contributed by atoms with Crippen molar-refractivity contribution in [2.75, 3.05) is 6.61 Å².